The van der Waals surface area contributed by atoms with E-state index in [1.165, 1.54) is 5.56 Å². The lowest BCUT2D eigenvalue weighted by atomic mass is 9.86. The summed E-state index contributed by atoms with van der Waals surface area (Å²) in [6.45, 7) is 1.41. The number of nitrogens with one attached hydrogen (secondary N) is 1. The molecule has 0 aromatic heterocycles. The van der Waals surface area contributed by atoms with Crippen molar-refractivity contribution >= 4 is 35.0 Å². The van der Waals surface area contributed by atoms with Crippen LogP contribution in [0.25, 0.3) is 0 Å². The van der Waals surface area contributed by atoms with Crippen LogP contribution in [0.15, 0.2) is 82.6 Å². The average Bonchev–Trinajstić information content (AvgIpc) is 2.82. The lowest BCUT2D eigenvalue weighted by molar-refractivity contribution is -0.0948. The van der Waals surface area contributed by atoms with Gasteiger partial charge in [0, 0.05) is 48.5 Å². The number of amides is 1. The molecule has 0 radical (unpaired) electrons. The smallest absolute Gasteiger partial charge is 0.255 e. The summed E-state index contributed by atoms with van der Waals surface area (Å²) in [4.78, 5) is 14.5. The maximum atomic E-state index is 12.4. The third-order valence-electron chi connectivity index (χ3n) is 5.51. The maximum absolute atomic E-state index is 12.4. The summed E-state index contributed by atoms with van der Waals surface area (Å²) in [6.07, 6.45) is 1.69. The number of ether oxygens (including phenoxy) is 2. The van der Waals surface area contributed by atoms with Gasteiger partial charge in [0.15, 0.2) is 0 Å². The zero-order chi connectivity index (χ0) is 21.7. The molecule has 0 unspecified atom stereocenters. The van der Waals surface area contributed by atoms with Crippen LogP contribution in [0.3, 0.4) is 0 Å². The molecule has 1 aliphatic heterocycles. The Kier molecular flexibility index (Phi) is 6.98. The molecule has 4 nitrogen and oxygen atoms in total. The minimum absolute atomic E-state index is 0.183. The summed E-state index contributed by atoms with van der Waals surface area (Å²) >= 11 is 8.09. The van der Waals surface area contributed by atoms with Gasteiger partial charge in [-0.25, -0.2) is 0 Å². The van der Waals surface area contributed by atoms with Crippen LogP contribution < -0.4 is 5.32 Å². The zero-order valence-electron chi connectivity index (χ0n) is 17.3. The summed E-state index contributed by atoms with van der Waals surface area (Å²) in [7, 11) is 1.77. The van der Waals surface area contributed by atoms with E-state index in [-0.39, 0.29) is 11.5 Å². The molecule has 0 aliphatic carbocycles. The van der Waals surface area contributed by atoms with Crippen LogP contribution in [-0.4, -0.2) is 26.2 Å². The largest absolute Gasteiger partial charge is 0.381 e. The van der Waals surface area contributed by atoms with E-state index in [0.29, 0.717) is 29.5 Å². The molecule has 1 amide bonds. The van der Waals surface area contributed by atoms with Crippen molar-refractivity contribution in [2.24, 2.45) is 0 Å². The molecule has 6 heteroatoms. The number of anilines is 1. The van der Waals surface area contributed by atoms with Gasteiger partial charge in [0.25, 0.3) is 5.91 Å². The molecule has 1 heterocycles. The SMILES string of the molecule is COC1(c2cccc(Sc3ccc(NC(=O)c4ccccc4)c(Cl)c3)c2)CCOCC1. The van der Waals surface area contributed by atoms with E-state index in [1.54, 1.807) is 31.0 Å². The van der Waals surface area contributed by atoms with Gasteiger partial charge >= 0.3 is 0 Å². The first-order valence-corrected chi connectivity index (χ1v) is 11.4. The molecule has 1 aliphatic rings. The van der Waals surface area contributed by atoms with Crippen LogP contribution in [0.5, 0.6) is 0 Å². The minimum Gasteiger partial charge on any atom is -0.381 e. The predicted octanol–water partition coefficient (Wildman–Crippen LogP) is 6.40. The van der Waals surface area contributed by atoms with Crippen LogP contribution in [0.1, 0.15) is 28.8 Å². The van der Waals surface area contributed by atoms with Crippen molar-refractivity contribution in [3.8, 4) is 0 Å². The van der Waals surface area contributed by atoms with E-state index in [1.807, 2.05) is 36.4 Å². The molecular formula is C25H24ClNO3S. The molecule has 31 heavy (non-hydrogen) atoms. The van der Waals surface area contributed by atoms with Gasteiger partial charge in [-0.05, 0) is 48.0 Å². The summed E-state index contributed by atoms with van der Waals surface area (Å²) in [5.74, 6) is -0.183. The van der Waals surface area contributed by atoms with Gasteiger partial charge in [-0.3, -0.25) is 4.79 Å². The topological polar surface area (TPSA) is 47.6 Å². The highest BCUT2D eigenvalue weighted by Gasteiger charge is 2.34. The monoisotopic (exact) mass is 453 g/mol. The molecule has 1 saturated heterocycles. The van der Waals surface area contributed by atoms with Gasteiger partial charge in [0.1, 0.15) is 0 Å². The van der Waals surface area contributed by atoms with Crippen molar-refractivity contribution in [2.45, 2.75) is 28.2 Å². The van der Waals surface area contributed by atoms with Crippen molar-refractivity contribution in [1.29, 1.82) is 0 Å². The second-order valence-electron chi connectivity index (χ2n) is 7.40. The number of halogens is 1. The van der Waals surface area contributed by atoms with Crippen LogP contribution >= 0.6 is 23.4 Å². The Morgan fingerprint density at radius 2 is 1.74 bits per heavy atom. The molecule has 0 atom stereocenters. The summed E-state index contributed by atoms with van der Waals surface area (Å²) in [5, 5.41) is 3.38. The molecule has 160 valence electrons. The summed E-state index contributed by atoms with van der Waals surface area (Å²) in [6, 6.07) is 23.2. The number of carbonyl (C=O) groups excluding carboxylic acids is 1. The fourth-order valence-corrected chi connectivity index (χ4v) is 4.95. The van der Waals surface area contributed by atoms with E-state index in [9.17, 15) is 4.79 Å². The molecule has 3 aromatic rings. The highest BCUT2D eigenvalue weighted by atomic mass is 35.5. The maximum Gasteiger partial charge on any atom is 0.255 e. The Labute approximate surface area is 191 Å². The number of rotatable bonds is 6. The predicted molar refractivity (Wildman–Crippen MR) is 125 cm³/mol. The van der Waals surface area contributed by atoms with Gasteiger partial charge in [-0.2, -0.15) is 0 Å². The fraction of sp³-hybridized carbons (Fsp3) is 0.240. The van der Waals surface area contributed by atoms with Gasteiger partial charge in [-0.1, -0.05) is 53.7 Å². The van der Waals surface area contributed by atoms with Crippen molar-refractivity contribution in [2.75, 3.05) is 25.6 Å². The van der Waals surface area contributed by atoms with Crippen LogP contribution in [0.2, 0.25) is 5.02 Å². The molecule has 3 aromatic carbocycles. The Balaban J connectivity index is 1.49. The van der Waals surface area contributed by atoms with Crippen molar-refractivity contribution in [3.05, 3.63) is 88.9 Å². The zero-order valence-corrected chi connectivity index (χ0v) is 18.8. The first-order valence-electron chi connectivity index (χ1n) is 10.2. The molecule has 0 saturated carbocycles. The van der Waals surface area contributed by atoms with Crippen LogP contribution in [-0.2, 0) is 15.1 Å². The van der Waals surface area contributed by atoms with E-state index < -0.39 is 0 Å². The van der Waals surface area contributed by atoms with Gasteiger partial charge in [-0.15, -0.1) is 0 Å². The lowest BCUT2D eigenvalue weighted by Gasteiger charge is -2.36. The Bertz CT molecular complexity index is 1050. The van der Waals surface area contributed by atoms with E-state index >= 15 is 0 Å². The molecule has 1 N–H and O–H groups in total. The fourth-order valence-electron chi connectivity index (χ4n) is 3.74. The minimum atomic E-state index is -0.294. The molecule has 0 spiro atoms. The molecule has 0 bridgehead atoms. The quantitative estimate of drug-likeness (QED) is 0.469. The Morgan fingerprint density at radius 1 is 1.00 bits per heavy atom. The third-order valence-corrected chi connectivity index (χ3v) is 6.80. The van der Waals surface area contributed by atoms with E-state index in [0.717, 1.165) is 22.6 Å². The molecule has 4 rings (SSSR count). The van der Waals surface area contributed by atoms with E-state index in [2.05, 4.69) is 29.6 Å². The first kappa shape index (κ1) is 21.9. The van der Waals surface area contributed by atoms with Crippen LogP contribution in [0.4, 0.5) is 5.69 Å². The molecule has 1 fully saturated rings. The lowest BCUT2D eigenvalue weighted by Crippen LogP contribution is -2.35. The summed E-state index contributed by atoms with van der Waals surface area (Å²) in [5.41, 5.74) is 2.06. The summed E-state index contributed by atoms with van der Waals surface area (Å²) < 4.78 is 11.5. The second kappa shape index (κ2) is 9.88. The number of hydrogen-bond donors (Lipinski definition) is 1. The van der Waals surface area contributed by atoms with Crippen molar-refractivity contribution in [1.82, 2.24) is 0 Å². The van der Waals surface area contributed by atoms with Gasteiger partial charge in [0.05, 0.1) is 16.3 Å². The highest BCUT2D eigenvalue weighted by Crippen LogP contribution is 2.39. The first-order chi connectivity index (χ1) is 15.1. The van der Waals surface area contributed by atoms with Gasteiger partial charge < -0.3 is 14.8 Å². The number of hydrogen-bond acceptors (Lipinski definition) is 4. The third kappa shape index (κ3) is 5.13. The van der Waals surface area contributed by atoms with Gasteiger partial charge in [0.2, 0.25) is 0 Å². The van der Waals surface area contributed by atoms with Crippen molar-refractivity contribution < 1.29 is 14.3 Å². The second-order valence-corrected chi connectivity index (χ2v) is 8.96. The average molecular weight is 454 g/mol. The molecular weight excluding hydrogens is 430 g/mol. The normalized spacial score (nSPS) is 15.4. The number of benzene rings is 3. The van der Waals surface area contributed by atoms with Crippen LogP contribution in [0, 0.1) is 0 Å². The standard InChI is InChI=1S/C25H24ClNO3S/c1-29-25(12-14-30-15-13-25)19-8-5-9-20(16-19)31-21-10-11-23(22(26)17-21)27-24(28)18-6-3-2-4-7-18/h2-11,16-17H,12-15H2,1H3,(H,27,28). The Hall–Kier alpha value is -2.31. The Morgan fingerprint density at radius 3 is 2.45 bits per heavy atom. The number of methoxy groups -OCH3 is 1. The van der Waals surface area contributed by atoms with E-state index in [4.69, 9.17) is 21.1 Å². The number of carbonyl (C=O) groups is 1. The van der Waals surface area contributed by atoms with Crippen molar-refractivity contribution in [3.63, 3.8) is 0 Å². The highest BCUT2D eigenvalue weighted by molar-refractivity contribution is 7.99.